The van der Waals surface area contributed by atoms with Crippen LogP contribution in [0.4, 0.5) is 0 Å². The molecule has 0 amide bonds. The van der Waals surface area contributed by atoms with E-state index in [2.05, 4.69) is 251 Å². The Bertz CT molecular complexity index is 3290. The molecule has 0 unspecified atom stereocenters. The van der Waals surface area contributed by atoms with E-state index in [1.54, 1.807) is 0 Å². The first kappa shape index (κ1) is 52.9. The fourth-order valence-electron chi connectivity index (χ4n) is 11.1. The topological polar surface area (TPSA) is 0 Å². The average Bonchev–Trinajstić information content (AvgIpc) is 3.94. The van der Waals surface area contributed by atoms with Crippen LogP contribution in [0.5, 0.6) is 0 Å². The number of hydrogen-bond donors (Lipinski definition) is 0. The minimum Gasteiger partial charge on any atom is -0.343 e. The van der Waals surface area contributed by atoms with E-state index < -0.39 is 0 Å². The first-order valence-electron chi connectivity index (χ1n) is 26.1. The first-order valence-corrected chi connectivity index (χ1v) is 26.1. The standard InChI is InChI=1S/C33H21.C31H29.2C4H9.Zr/c1-3-11-28-22(7-1)9-5-13-30(28)24-15-17-32-26(19-24)21-27-20-25(16-18-33(27)32)31-14-6-10-23-8-2-4-12-29(23)31;1-18-11-20(3)30(21(4)12-18)24-7-9-28-26(15-24)17-27-16-25(8-10-29(27)28)31-22(5)13-19(2)14-23(31)6;2*1-3-4-2;/h1-19H,21H2;7-15H,17H2,1-6H3;2*1,3-4H2,2H3;/q4*-1;+4. The second-order valence-corrected chi connectivity index (χ2v) is 19.9. The van der Waals surface area contributed by atoms with Crippen molar-refractivity contribution in [3.63, 3.8) is 0 Å². The van der Waals surface area contributed by atoms with Gasteiger partial charge in [0.25, 0.3) is 0 Å². The van der Waals surface area contributed by atoms with E-state index in [1.165, 1.54) is 157 Å². The SMILES string of the molecule is Cc1cc(C)c(-c2[c-]c3c(cc2)-c2ccc(-c4c(C)cc(C)cc4C)cc2C3)c(C)c1.[CH2-]CCC.[CH2-]CCC.[Zr+4].[c-]1c(-c2cccc3ccccc23)ccc2c1Cc1cc(-c3cccc4ccccc34)ccc1-2. The van der Waals surface area contributed by atoms with Crippen molar-refractivity contribution < 1.29 is 26.2 Å². The molecule has 360 valence electrons. The van der Waals surface area contributed by atoms with E-state index in [-0.39, 0.29) is 26.2 Å². The summed E-state index contributed by atoms with van der Waals surface area (Å²) in [5.74, 6) is 0. The molecule has 10 aromatic carbocycles. The molecular formula is C72H68Zr. The maximum atomic E-state index is 3.78. The van der Waals surface area contributed by atoms with Gasteiger partial charge in [-0.15, -0.1) is 58.7 Å². The van der Waals surface area contributed by atoms with Gasteiger partial charge < -0.3 is 13.8 Å². The fraction of sp³-hybridized carbons (Fsp3) is 0.194. The Hall–Kier alpha value is -6.40. The molecular weight excluding hydrogens is 956 g/mol. The van der Waals surface area contributed by atoms with E-state index in [4.69, 9.17) is 0 Å². The fourth-order valence-corrected chi connectivity index (χ4v) is 11.1. The third-order valence-electron chi connectivity index (χ3n) is 14.4. The molecule has 0 atom stereocenters. The van der Waals surface area contributed by atoms with Gasteiger partial charge in [0.1, 0.15) is 0 Å². The first-order chi connectivity index (χ1) is 35.0. The average molecular weight is 1020 g/mol. The molecule has 0 spiro atoms. The van der Waals surface area contributed by atoms with Crippen molar-refractivity contribution in [2.45, 2.75) is 93.9 Å². The van der Waals surface area contributed by atoms with E-state index >= 15 is 0 Å². The van der Waals surface area contributed by atoms with Gasteiger partial charge in [-0.2, -0.15) is 12.8 Å². The number of fused-ring (bicyclic) bond motifs is 8. The minimum atomic E-state index is 0. The van der Waals surface area contributed by atoms with Crippen molar-refractivity contribution in [1.82, 2.24) is 0 Å². The van der Waals surface area contributed by atoms with Crippen LogP contribution in [0, 0.1) is 67.5 Å². The van der Waals surface area contributed by atoms with Crippen LogP contribution in [0.15, 0.2) is 170 Å². The van der Waals surface area contributed by atoms with Crippen LogP contribution < -0.4 is 0 Å². The quantitative estimate of drug-likeness (QED) is 0.146. The van der Waals surface area contributed by atoms with Gasteiger partial charge in [0, 0.05) is 0 Å². The van der Waals surface area contributed by atoms with E-state index in [1.807, 2.05) is 0 Å². The molecule has 0 N–H and O–H groups in total. The van der Waals surface area contributed by atoms with Crippen molar-refractivity contribution in [3.8, 4) is 66.8 Å². The Morgan fingerprint density at radius 2 is 0.781 bits per heavy atom. The predicted molar refractivity (Wildman–Crippen MR) is 313 cm³/mol. The van der Waals surface area contributed by atoms with Gasteiger partial charge in [0.15, 0.2) is 0 Å². The third kappa shape index (κ3) is 11.2. The molecule has 1 heteroatoms. The summed E-state index contributed by atoms with van der Waals surface area (Å²) in [6.07, 6.45) is 6.45. The van der Waals surface area contributed by atoms with Gasteiger partial charge in [0.2, 0.25) is 0 Å². The largest absolute Gasteiger partial charge is 4.00 e. The summed E-state index contributed by atoms with van der Waals surface area (Å²) in [7, 11) is 0. The zero-order valence-electron chi connectivity index (χ0n) is 44.3. The summed E-state index contributed by atoms with van der Waals surface area (Å²) in [5.41, 5.74) is 29.1. The third-order valence-corrected chi connectivity index (χ3v) is 14.4. The van der Waals surface area contributed by atoms with Gasteiger partial charge in [0.05, 0.1) is 0 Å². The summed E-state index contributed by atoms with van der Waals surface area (Å²) < 4.78 is 0. The van der Waals surface area contributed by atoms with Crippen molar-refractivity contribution in [1.29, 1.82) is 0 Å². The zero-order valence-corrected chi connectivity index (χ0v) is 46.8. The molecule has 0 aromatic heterocycles. The summed E-state index contributed by atoms with van der Waals surface area (Å²) in [4.78, 5) is 0. The molecule has 0 bridgehead atoms. The van der Waals surface area contributed by atoms with Gasteiger partial charge in [-0.3, -0.25) is 0 Å². The molecule has 0 fully saturated rings. The Morgan fingerprint density at radius 1 is 0.384 bits per heavy atom. The van der Waals surface area contributed by atoms with Crippen LogP contribution in [0.1, 0.15) is 95.2 Å². The summed E-state index contributed by atoms with van der Waals surface area (Å²) in [5, 5.41) is 5.14. The van der Waals surface area contributed by atoms with Crippen LogP contribution in [-0.2, 0) is 39.0 Å². The van der Waals surface area contributed by atoms with E-state index in [0.29, 0.717) is 0 Å². The molecule has 0 radical (unpaired) electrons. The van der Waals surface area contributed by atoms with Crippen molar-refractivity contribution in [2.75, 3.05) is 0 Å². The number of unbranched alkanes of at least 4 members (excludes halogenated alkanes) is 2. The van der Waals surface area contributed by atoms with Gasteiger partial charge in [-0.05, 0) is 115 Å². The number of aryl methyl sites for hydroxylation is 6. The number of benzene rings is 10. The summed E-state index contributed by atoms with van der Waals surface area (Å²) >= 11 is 0. The maximum Gasteiger partial charge on any atom is 4.00 e. The van der Waals surface area contributed by atoms with Crippen LogP contribution in [0.2, 0.25) is 0 Å². The Morgan fingerprint density at radius 3 is 1.30 bits per heavy atom. The molecule has 10 aromatic rings. The van der Waals surface area contributed by atoms with Gasteiger partial charge in [-0.1, -0.05) is 233 Å². The monoisotopic (exact) mass is 1020 g/mol. The van der Waals surface area contributed by atoms with Crippen LogP contribution in [0.3, 0.4) is 0 Å². The molecule has 2 aliphatic carbocycles. The maximum absolute atomic E-state index is 3.78. The second kappa shape index (κ2) is 23.6. The normalized spacial score (nSPS) is 11.4. The Labute approximate surface area is 456 Å². The number of hydrogen-bond acceptors (Lipinski definition) is 0. The molecule has 0 heterocycles. The van der Waals surface area contributed by atoms with Gasteiger partial charge in [-0.25, -0.2) is 0 Å². The van der Waals surface area contributed by atoms with Crippen LogP contribution in [0.25, 0.3) is 88.3 Å². The Balaban J connectivity index is 0.000000168. The number of rotatable bonds is 6. The molecule has 73 heavy (non-hydrogen) atoms. The second-order valence-electron chi connectivity index (χ2n) is 19.9. The van der Waals surface area contributed by atoms with Crippen LogP contribution >= 0.6 is 0 Å². The Kier molecular flexibility index (Phi) is 17.1. The van der Waals surface area contributed by atoms with Crippen molar-refractivity contribution in [2.24, 2.45) is 0 Å². The summed E-state index contributed by atoms with van der Waals surface area (Å²) in [6, 6.07) is 70.0. The molecule has 0 saturated heterocycles. The van der Waals surface area contributed by atoms with Gasteiger partial charge >= 0.3 is 26.2 Å². The molecule has 0 nitrogen and oxygen atoms in total. The minimum absolute atomic E-state index is 0. The molecule has 12 rings (SSSR count). The summed E-state index contributed by atoms with van der Waals surface area (Å²) in [6.45, 7) is 24.7. The van der Waals surface area contributed by atoms with Crippen LogP contribution in [-0.4, -0.2) is 0 Å². The van der Waals surface area contributed by atoms with Crippen molar-refractivity contribution >= 4 is 21.5 Å². The molecule has 0 saturated carbocycles. The van der Waals surface area contributed by atoms with Crippen molar-refractivity contribution in [3.05, 3.63) is 251 Å². The smallest absolute Gasteiger partial charge is 0.343 e. The molecule has 2 aliphatic rings. The van der Waals surface area contributed by atoms with E-state index in [9.17, 15) is 0 Å². The predicted octanol–water partition coefficient (Wildman–Crippen LogP) is 20.2. The zero-order chi connectivity index (χ0) is 50.5. The molecule has 0 aliphatic heterocycles. The van der Waals surface area contributed by atoms with E-state index in [0.717, 1.165) is 25.7 Å².